The van der Waals surface area contributed by atoms with E-state index in [0.717, 1.165) is 38.5 Å². The Hall–Kier alpha value is -0.570. The molecule has 2 N–H and O–H groups in total. The highest BCUT2D eigenvalue weighted by Crippen LogP contribution is 2.58. The maximum Gasteiger partial charge on any atom is 0.306 e. The number of aliphatic hydroxyl groups is 1. The van der Waals surface area contributed by atoms with Crippen LogP contribution in [0.3, 0.4) is 0 Å². The van der Waals surface area contributed by atoms with Crippen LogP contribution in [0.4, 0.5) is 0 Å². The van der Waals surface area contributed by atoms with Gasteiger partial charge in [-0.2, -0.15) is 0 Å². The second-order valence-corrected chi connectivity index (χ2v) is 4.94. The number of aliphatic carboxylic acids is 1. The topological polar surface area (TPSA) is 57.5 Å². The zero-order chi connectivity index (χ0) is 10.2. The van der Waals surface area contributed by atoms with E-state index in [9.17, 15) is 9.90 Å². The van der Waals surface area contributed by atoms with E-state index in [0.29, 0.717) is 6.42 Å². The van der Waals surface area contributed by atoms with Crippen LogP contribution in [0.1, 0.15) is 51.4 Å². The monoisotopic (exact) mass is 198 g/mol. The molecule has 2 aliphatic carbocycles. The summed E-state index contributed by atoms with van der Waals surface area (Å²) in [5.74, 6) is -0.860. The van der Waals surface area contributed by atoms with Gasteiger partial charge in [-0.1, -0.05) is 19.3 Å². The maximum atomic E-state index is 10.7. The van der Waals surface area contributed by atoms with Crippen molar-refractivity contribution in [1.82, 2.24) is 0 Å². The first-order valence-corrected chi connectivity index (χ1v) is 5.52. The normalized spacial score (nSPS) is 35.2. The molecule has 0 aromatic rings. The van der Waals surface area contributed by atoms with E-state index in [2.05, 4.69) is 0 Å². The Kier molecular flexibility index (Phi) is 2.30. The van der Waals surface area contributed by atoms with Gasteiger partial charge in [0.05, 0.1) is 12.0 Å². The van der Waals surface area contributed by atoms with E-state index in [4.69, 9.17) is 5.11 Å². The minimum atomic E-state index is -0.907. The molecular weight excluding hydrogens is 180 g/mol. The van der Waals surface area contributed by atoms with Gasteiger partial charge in [-0.3, -0.25) is 4.79 Å². The number of rotatable bonds is 2. The average molecular weight is 198 g/mol. The summed E-state index contributed by atoms with van der Waals surface area (Å²) in [6.07, 6.45) is 6.98. The van der Waals surface area contributed by atoms with E-state index >= 15 is 0 Å². The summed E-state index contributed by atoms with van der Waals surface area (Å²) in [7, 11) is 0. The van der Waals surface area contributed by atoms with Crippen LogP contribution < -0.4 is 0 Å². The molecule has 1 spiro atoms. The van der Waals surface area contributed by atoms with Crippen molar-refractivity contribution < 1.29 is 15.0 Å². The number of carboxylic acids is 1. The highest BCUT2D eigenvalue weighted by molar-refractivity contribution is 5.68. The van der Waals surface area contributed by atoms with E-state index in [1.807, 2.05) is 0 Å². The van der Waals surface area contributed by atoms with E-state index in [-0.39, 0.29) is 11.8 Å². The SMILES string of the molecule is O=C(O)CC1(O)CCCCC12CCC2. The summed E-state index contributed by atoms with van der Waals surface area (Å²) in [6, 6.07) is 0. The van der Waals surface area contributed by atoms with Crippen molar-refractivity contribution in [2.24, 2.45) is 5.41 Å². The summed E-state index contributed by atoms with van der Waals surface area (Å²) in [4.78, 5) is 10.7. The van der Waals surface area contributed by atoms with Crippen molar-refractivity contribution in [3.05, 3.63) is 0 Å². The Bertz CT molecular complexity index is 245. The number of hydrogen-bond acceptors (Lipinski definition) is 2. The van der Waals surface area contributed by atoms with Gasteiger partial charge in [-0.05, 0) is 31.1 Å². The highest BCUT2D eigenvalue weighted by Gasteiger charge is 2.55. The molecule has 2 aliphatic rings. The summed E-state index contributed by atoms with van der Waals surface area (Å²) in [5.41, 5.74) is -0.945. The minimum Gasteiger partial charge on any atom is -0.481 e. The van der Waals surface area contributed by atoms with E-state index in [1.165, 1.54) is 0 Å². The molecule has 2 fully saturated rings. The van der Waals surface area contributed by atoms with Crippen LogP contribution in [0, 0.1) is 5.41 Å². The van der Waals surface area contributed by atoms with Crippen LogP contribution >= 0.6 is 0 Å². The zero-order valence-corrected chi connectivity index (χ0v) is 8.46. The van der Waals surface area contributed by atoms with Gasteiger partial charge in [-0.15, -0.1) is 0 Å². The molecule has 2 saturated carbocycles. The van der Waals surface area contributed by atoms with Crippen molar-refractivity contribution in [2.75, 3.05) is 0 Å². The second kappa shape index (κ2) is 3.23. The number of carbonyl (C=O) groups is 1. The average Bonchev–Trinajstić information content (AvgIpc) is 1.99. The Morgan fingerprint density at radius 3 is 2.14 bits per heavy atom. The standard InChI is InChI=1S/C11H18O3/c12-9(13)8-11(14)7-2-1-4-10(11)5-3-6-10/h14H,1-8H2,(H,12,13). The molecule has 0 radical (unpaired) electrons. The number of carboxylic acid groups (broad SMARTS) is 1. The lowest BCUT2D eigenvalue weighted by molar-refractivity contribution is -0.175. The molecule has 0 bridgehead atoms. The van der Waals surface area contributed by atoms with Gasteiger partial charge in [0, 0.05) is 0 Å². The predicted molar refractivity (Wildman–Crippen MR) is 52.0 cm³/mol. The summed E-state index contributed by atoms with van der Waals surface area (Å²) in [5, 5.41) is 19.3. The van der Waals surface area contributed by atoms with E-state index in [1.54, 1.807) is 0 Å². The molecular formula is C11H18O3. The Balaban J connectivity index is 2.16. The Morgan fingerprint density at radius 1 is 1.07 bits per heavy atom. The first kappa shape index (κ1) is 9.97. The van der Waals surface area contributed by atoms with Crippen molar-refractivity contribution in [1.29, 1.82) is 0 Å². The van der Waals surface area contributed by atoms with Gasteiger partial charge >= 0.3 is 5.97 Å². The zero-order valence-electron chi connectivity index (χ0n) is 8.46. The highest BCUT2D eigenvalue weighted by atomic mass is 16.4. The fraction of sp³-hybridized carbons (Fsp3) is 0.909. The third-order valence-corrected chi connectivity index (χ3v) is 4.24. The molecule has 1 unspecified atom stereocenters. The summed E-state index contributed by atoms with van der Waals surface area (Å²) in [6.45, 7) is 0. The molecule has 14 heavy (non-hydrogen) atoms. The molecule has 80 valence electrons. The van der Waals surface area contributed by atoms with Gasteiger partial charge < -0.3 is 10.2 Å². The first-order valence-electron chi connectivity index (χ1n) is 5.52. The lowest BCUT2D eigenvalue weighted by Gasteiger charge is -2.55. The fourth-order valence-corrected chi connectivity index (χ4v) is 3.22. The smallest absolute Gasteiger partial charge is 0.306 e. The van der Waals surface area contributed by atoms with Crippen LogP contribution in [0.15, 0.2) is 0 Å². The fourth-order valence-electron chi connectivity index (χ4n) is 3.22. The molecule has 0 aromatic heterocycles. The summed E-state index contributed by atoms with van der Waals surface area (Å²) < 4.78 is 0. The lowest BCUT2D eigenvalue weighted by Crippen LogP contribution is -2.55. The Morgan fingerprint density at radius 2 is 1.64 bits per heavy atom. The van der Waals surface area contributed by atoms with Crippen LogP contribution in [0.5, 0.6) is 0 Å². The Labute approximate surface area is 84.1 Å². The molecule has 0 heterocycles. The van der Waals surface area contributed by atoms with Crippen LogP contribution in [0.2, 0.25) is 0 Å². The van der Waals surface area contributed by atoms with Crippen molar-refractivity contribution in [3.63, 3.8) is 0 Å². The van der Waals surface area contributed by atoms with Gasteiger partial charge in [0.1, 0.15) is 0 Å². The van der Waals surface area contributed by atoms with Gasteiger partial charge in [0.25, 0.3) is 0 Å². The van der Waals surface area contributed by atoms with Crippen LogP contribution in [-0.4, -0.2) is 21.8 Å². The quantitative estimate of drug-likeness (QED) is 0.712. The van der Waals surface area contributed by atoms with Crippen molar-refractivity contribution in [2.45, 2.75) is 57.0 Å². The van der Waals surface area contributed by atoms with Crippen LogP contribution in [-0.2, 0) is 4.79 Å². The lowest BCUT2D eigenvalue weighted by atomic mass is 9.52. The minimum absolute atomic E-state index is 0.0381. The largest absolute Gasteiger partial charge is 0.481 e. The molecule has 0 amide bonds. The van der Waals surface area contributed by atoms with Crippen molar-refractivity contribution in [3.8, 4) is 0 Å². The molecule has 0 aliphatic heterocycles. The molecule has 1 atom stereocenters. The van der Waals surface area contributed by atoms with Crippen molar-refractivity contribution >= 4 is 5.97 Å². The first-order chi connectivity index (χ1) is 6.58. The molecule has 3 heteroatoms. The molecule has 3 nitrogen and oxygen atoms in total. The second-order valence-electron chi connectivity index (χ2n) is 4.94. The van der Waals surface area contributed by atoms with Gasteiger partial charge in [0.2, 0.25) is 0 Å². The van der Waals surface area contributed by atoms with E-state index < -0.39 is 11.6 Å². The third kappa shape index (κ3) is 1.34. The predicted octanol–water partition coefficient (Wildman–Crippen LogP) is 1.94. The molecule has 0 aromatic carbocycles. The van der Waals surface area contributed by atoms with Gasteiger partial charge in [0.15, 0.2) is 0 Å². The molecule has 2 rings (SSSR count). The molecule has 0 saturated heterocycles. The van der Waals surface area contributed by atoms with Crippen LogP contribution in [0.25, 0.3) is 0 Å². The third-order valence-electron chi connectivity index (χ3n) is 4.24. The number of hydrogen-bond donors (Lipinski definition) is 2. The van der Waals surface area contributed by atoms with Gasteiger partial charge in [-0.25, -0.2) is 0 Å². The maximum absolute atomic E-state index is 10.7. The summed E-state index contributed by atoms with van der Waals surface area (Å²) >= 11 is 0.